The third-order valence-corrected chi connectivity index (χ3v) is 3.22. The van der Waals surface area contributed by atoms with Gasteiger partial charge >= 0.3 is 0 Å². The molecule has 2 rings (SSSR count). The molecule has 2 aromatic rings. The van der Waals surface area contributed by atoms with E-state index in [0.29, 0.717) is 21.5 Å². The van der Waals surface area contributed by atoms with Crippen molar-refractivity contribution in [3.05, 3.63) is 52.3 Å². The molecule has 0 atom stereocenters. The molecule has 0 aliphatic heterocycles. The summed E-state index contributed by atoms with van der Waals surface area (Å²) in [6.45, 7) is 0. The van der Waals surface area contributed by atoms with Gasteiger partial charge in [0.25, 0.3) is 5.91 Å². The zero-order chi connectivity index (χ0) is 14.5. The van der Waals surface area contributed by atoms with E-state index in [1.807, 2.05) is 6.07 Å². The number of hydrogen-bond donors (Lipinski definition) is 1. The maximum absolute atomic E-state index is 12.2. The molecule has 0 radical (unpaired) electrons. The molecule has 0 spiro atoms. The summed E-state index contributed by atoms with van der Waals surface area (Å²) >= 11 is 3.26. The molecule has 0 saturated heterocycles. The molecule has 0 unspecified atom stereocenters. The fourth-order valence-corrected chi connectivity index (χ4v) is 2.08. The number of nitrogens with one attached hydrogen (secondary N) is 1. The predicted octanol–water partition coefficient (Wildman–Crippen LogP) is 2.98. The summed E-state index contributed by atoms with van der Waals surface area (Å²) in [6.07, 6.45) is 1.52. The Balaban J connectivity index is 2.38. The average Bonchev–Trinajstić information content (AvgIpc) is 2.47. The molecule has 0 aliphatic rings. The van der Waals surface area contributed by atoms with Crippen LogP contribution in [0.2, 0.25) is 0 Å². The third kappa shape index (κ3) is 2.78. The van der Waals surface area contributed by atoms with E-state index in [2.05, 4.69) is 26.2 Å². The molecule has 0 bridgehead atoms. The van der Waals surface area contributed by atoms with Gasteiger partial charge in [-0.05, 0) is 40.2 Å². The number of rotatable bonds is 3. The number of aromatic nitrogens is 1. The molecule has 1 aromatic heterocycles. The normalized spacial score (nSPS) is 9.65. The van der Waals surface area contributed by atoms with Crippen LogP contribution in [0.4, 0.5) is 5.69 Å². The molecule has 0 saturated carbocycles. The van der Waals surface area contributed by atoms with Crippen molar-refractivity contribution in [2.75, 3.05) is 12.4 Å². The van der Waals surface area contributed by atoms with E-state index in [4.69, 9.17) is 10.00 Å². The quantitative estimate of drug-likeness (QED) is 0.938. The maximum atomic E-state index is 12.2. The van der Waals surface area contributed by atoms with Crippen LogP contribution < -0.4 is 10.1 Å². The molecule has 1 amide bonds. The lowest BCUT2D eigenvalue weighted by molar-refractivity contribution is 0.102. The highest BCUT2D eigenvalue weighted by atomic mass is 79.9. The standard InChI is InChI=1S/C14H10BrN3O2/c1-20-11-6-2-4-9(8-16)12(11)18-14(19)13-10(15)5-3-7-17-13/h2-7H,1H3,(H,18,19). The van der Waals surface area contributed by atoms with E-state index < -0.39 is 5.91 Å². The van der Waals surface area contributed by atoms with Crippen molar-refractivity contribution in [1.82, 2.24) is 4.98 Å². The summed E-state index contributed by atoms with van der Waals surface area (Å²) in [5.41, 5.74) is 0.895. The number of amides is 1. The molecule has 1 aromatic carbocycles. The molecule has 5 nitrogen and oxygen atoms in total. The van der Waals surface area contributed by atoms with Crippen molar-refractivity contribution < 1.29 is 9.53 Å². The van der Waals surface area contributed by atoms with Gasteiger partial charge in [0, 0.05) is 10.7 Å². The van der Waals surface area contributed by atoms with Crippen LogP contribution >= 0.6 is 15.9 Å². The molecule has 0 fully saturated rings. The van der Waals surface area contributed by atoms with Crippen LogP contribution in [0.15, 0.2) is 41.0 Å². The molecule has 100 valence electrons. The Labute approximate surface area is 124 Å². The van der Waals surface area contributed by atoms with E-state index >= 15 is 0 Å². The minimum Gasteiger partial charge on any atom is -0.495 e. The van der Waals surface area contributed by atoms with Gasteiger partial charge in [-0.1, -0.05) is 6.07 Å². The second-order valence-electron chi connectivity index (χ2n) is 3.78. The van der Waals surface area contributed by atoms with Crippen molar-refractivity contribution in [1.29, 1.82) is 5.26 Å². The van der Waals surface area contributed by atoms with Crippen molar-refractivity contribution in [3.63, 3.8) is 0 Å². The topological polar surface area (TPSA) is 75.0 Å². The van der Waals surface area contributed by atoms with Crippen molar-refractivity contribution in [2.24, 2.45) is 0 Å². The van der Waals surface area contributed by atoms with Gasteiger partial charge in [0.2, 0.25) is 0 Å². The Bertz CT molecular complexity index is 695. The number of nitriles is 1. The number of benzene rings is 1. The van der Waals surface area contributed by atoms with Crippen LogP contribution in [-0.2, 0) is 0 Å². The number of para-hydroxylation sites is 1. The van der Waals surface area contributed by atoms with Crippen LogP contribution in [0.25, 0.3) is 0 Å². The second-order valence-corrected chi connectivity index (χ2v) is 4.64. The molecular formula is C14H10BrN3O2. The first-order valence-electron chi connectivity index (χ1n) is 5.66. The Kier molecular flexibility index (Phi) is 4.33. The fraction of sp³-hybridized carbons (Fsp3) is 0.0714. The molecular weight excluding hydrogens is 322 g/mol. The first-order chi connectivity index (χ1) is 9.67. The minimum atomic E-state index is -0.418. The van der Waals surface area contributed by atoms with Crippen molar-refractivity contribution >= 4 is 27.5 Å². The Hall–Kier alpha value is -2.39. The van der Waals surface area contributed by atoms with Gasteiger partial charge in [0.1, 0.15) is 23.2 Å². The van der Waals surface area contributed by atoms with Crippen molar-refractivity contribution in [3.8, 4) is 11.8 Å². The van der Waals surface area contributed by atoms with Crippen LogP contribution in [0.3, 0.4) is 0 Å². The van der Waals surface area contributed by atoms with Crippen LogP contribution in [0, 0.1) is 11.3 Å². The van der Waals surface area contributed by atoms with Gasteiger partial charge in [-0.2, -0.15) is 5.26 Å². The largest absolute Gasteiger partial charge is 0.495 e. The molecule has 20 heavy (non-hydrogen) atoms. The number of methoxy groups -OCH3 is 1. The predicted molar refractivity (Wildman–Crippen MR) is 77.6 cm³/mol. The maximum Gasteiger partial charge on any atom is 0.275 e. The number of halogens is 1. The summed E-state index contributed by atoms with van der Waals surface area (Å²) in [4.78, 5) is 16.2. The van der Waals surface area contributed by atoms with Gasteiger partial charge in [0.15, 0.2) is 0 Å². The summed E-state index contributed by atoms with van der Waals surface area (Å²) < 4.78 is 5.73. The zero-order valence-corrected chi connectivity index (χ0v) is 12.1. The smallest absolute Gasteiger partial charge is 0.275 e. The minimum absolute atomic E-state index is 0.238. The highest BCUT2D eigenvalue weighted by Gasteiger charge is 2.16. The summed E-state index contributed by atoms with van der Waals surface area (Å²) in [5, 5.41) is 11.8. The first kappa shape index (κ1) is 14.0. The summed E-state index contributed by atoms with van der Waals surface area (Å²) in [5.74, 6) is 0.00271. The lowest BCUT2D eigenvalue weighted by Gasteiger charge is -2.11. The van der Waals surface area contributed by atoms with Crippen molar-refractivity contribution in [2.45, 2.75) is 0 Å². The molecule has 1 heterocycles. The monoisotopic (exact) mass is 331 g/mol. The number of pyridine rings is 1. The molecule has 6 heteroatoms. The SMILES string of the molecule is COc1cccc(C#N)c1NC(=O)c1ncccc1Br. The van der Waals surface area contributed by atoms with Gasteiger partial charge < -0.3 is 10.1 Å². The van der Waals surface area contributed by atoms with Crippen LogP contribution in [-0.4, -0.2) is 18.0 Å². The van der Waals surface area contributed by atoms with Gasteiger partial charge in [-0.25, -0.2) is 4.98 Å². The molecule has 0 aliphatic carbocycles. The third-order valence-electron chi connectivity index (χ3n) is 2.58. The van der Waals surface area contributed by atoms with E-state index in [-0.39, 0.29) is 5.69 Å². The van der Waals surface area contributed by atoms with E-state index in [1.165, 1.54) is 13.3 Å². The Morgan fingerprint density at radius 2 is 2.20 bits per heavy atom. The van der Waals surface area contributed by atoms with E-state index in [0.717, 1.165) is 0 Å². The average molecular weight is 332 g/mol. The number of nitrogens with zero attached hydrogens (tertiary/aromatic N) is 2. The first-order valence-corrected chi connectivity index (χ1v) is 6.45. The van der Waals surface area contributed by atoms with Gasteiger partial charge in [0.05, 0.1) is 12.7 Å². The number of ether oxygens (including phenoxy) is 1. The molecule has 1 N–H and O–H groups in total. The van der Waals surface area contributed by atoms with E-state index in [9.17, 15) is 4.79 Å². The fourth-order valence-electron chi connectivity index (χ4n) is 1.65. The van der Waals surface area contributed by atoms with E-state index in [1.54, 1.807) is 30.3 Å². The van der Waals surface area contributed by atoms with Crippen LogP contribution in [0.5, 0.6) is 5.75 Å². The number of carbonyl (C=O) groups excluding carboxylic acids is 1. The lowest BCUT2D eigenvalue weighted by Crippen LogP contribution is -2.15. The number of carbonyl (C=O) groups is 1. The van der Waals surface area contributed by atoms with Crippen LogP contribution in [0.1, 0.15) is 16.1 Å². The highest BCUT2D eigenvalue weighted by molar-refractivity contribution is 9.10. The summed E-state index contributed by atoms with van der Waals surface area (Å²) in [7, 11) is 1.48. The Morgan fingerprint density at radius 1 is 1.40 bits per heavy atom. The number of anilines is 1. The highest BCUT2D eigenvalue weighted by Crippen LogP contribution is 2.28. The Morgan fingerprint density at radius 3 is 2.85 bits per heavy atom. The summed E-state index contributed by atoms with van der Waals surface area (Å²) in [6, 6.07) is 10.4. The van der Waals surface area contributed by atoms with Gasteiger partial charge in [-0.15, -0.1) is 0 Å². The van der Waals surface area contributed by atoms with Gasteiger partial charge in [-0.3, -0.25) is 4.79 Å². The zero-order valence-electron chi connectivity index (χ0n) is 10.6. The second kappa shape index (κ2) is 6.17. The lowest BCUT2D eigenvalue weighted by atomic mass is 10.1. The number of hydrogen-bond acceptors (Lipinski definition) is 4.